The Labute approximate surface area is 139 Å². The Kier molecular flexibility index (Phi) is 3.54. The maximum Gasteiger partial charge on any atom is 0.225 e. The van der Waals surface area contributed by atoms with Gasteiger partial charge in [-0.05, 0) is 30.7 Å². The smallest absolute Gasteiger partial charge is 0.225 e. The van der Waals surface area contributed by atoms with Gasteiger partial charge in [-0.25, -0.2) is 0 Å². The number of para-hydroxylation sites is 1. The first-order chi connectivity index (χ1) is 11.7. The predicted molar refractivity (Wildman–Crippen MR) is 89.3 cm³/mol. The van der Waals surface area contributed by atoms with Crippen molar-refractivity contribution in [1.29, 1.82) is 0 Å². The molecule has 1 aromatic heterocycles. The summed E-state index contributed by atoms with van der Waals surface area (Å²) in [6.45, 7) is 1.87. The number of anilines is 1. The van der Waals surface area contributed by atoms with Crippen molar-refractivity contribution in [3.63, 3.8) is 0 Å². The van der Waals surface area contributed by atoms with Gasteiger partial charge in [0.2, 0.25) is 5.91 Å². The van der Waals surface area contributed by atoms with Crippen molar-refractivity contribution in [3.05, 3.63) is 71.6 Å². The zero-order chi connectivity index (χ0) is 16.5. The topological polar surface area (TPSA) is 64.4 Å². The Bertz CT molecular complexity index is 887. The van der Waals surface area contributed by atoms with Gasteiger partial charge < -0.3 is 14.6 Å². The average molecular weight is 320 g/mol. The van der Waals surface area contributed by atoms with Gasteiger partial charge in [0.15, 0.2) is 0 Å². The van der Waals surface area contributed by atoms with Crippen molar-refractivity contribution in [3.8, 4) is 11.5 Å². The molecule has 4 rings (SSSR count). The number of aryl methyl sites for hydroxylation is 1. The van der Waals surface area contributed by atoms with Crippen molar-refractivity contribution >= 4 is 11.6 Å². The van der Waals surface area contributed by atoms with E-state index < -0.39 is 0 Å². The lowest BCUT2D eigenvalue weighted by Gasteiger charge is -2.24. The number of carbonyl (C=O) groups excluding carboxylic acids is 1. The van der Waals surface area contributed by atoms with Crippen LogP contribution in [0.3, 0.4) is 0 Å². The second-order valence-electron chi connectivity index (χ2n) is 5.84. The normalized spacial score (nSPS) is 16.4. The molecule has 0 fully saturated rings. The summed E-state index contributed by atoms with van der Waals surface area (Å²) in [6.07, 6.45) is 0.348. The quantitative estimate of drug-likeness (QED) is 0.783. The maximum absolute atomic E-state index is 12.1. The van der Waals surface area contributed by atoms with Gasteiger partial charge in [0.05, 0.1) is 11.6 Å². The van der Waals surface area contributed by atoms with Crippen LogP contribution in [0.1, 0.15) is 29.4 Å². The number of ether oxygens (including phenoxy) is 1. The van der Waals surface area contributed by atoms with Gasteiger partial charge in [-0.1, -0.05) is 29.4 Å². The minimum Gasteiger partial charge on any atom is -0.457 e. The van der Waals surface area contributed by atoms with E-state index in [1.54, 1.807) is 0 Å². The minimum absolute atomic E-state index is 0.0431. The van der Waals surface area contributed by atoms with Crippen molar-refractivity contribution in [2.24, 2.45) is 0 Å². The number of nitrogens with one attached hydrogen (secondary N) is 1. The van der Waals surface area contributed by atoms with Crippen LogP contribution in [0.2, 0.25) is 0 Å². The van der Waals surface area contributed by atoms with E-state index in [0.29, 0.717) is 17.9 Å². The zero-order valence-corrected chi connectivity index (χ0v) is 13.2. The Morgan fingerprint density at radius 1 is 1.12 bits per heavy atom. The van der Waals surface area contributed by atoms with Crippen LogP contribution in [-0.2, 0) is 4.79 Å². The highest BCUT2D eigenvalue weighted by molar-refractivity contribution is 5.95. The molecule has 1 atom stereocenters. The monoisotopic (exact) mass is 320 g/mol. The number of rotatable bonds is 3. The summed E-state index contributed by atoms with van der Waals surface area (Å²) in [6, 6.07) is 17.1. The standard InChI is InChI=1S/C19H16N2O3/c1-12-9-18(24-21-12)16-11-19(22)20-17-10-14(7-8-15(16)17)23-13-5-3-2-4-6-13/h2-10,16H,11H2,1H3,(H,20,22)/t16-/m0/s1. The third-order valence-corrected chi connectivity index (χ3v) is 4.03. The lowest BCUT2D eigenvalue weighted by atomic mass is 9.88. The van der Waals surface area contributed by atoms with E-state index in [1.165, 1.54) is 0 Å². The van der Waals surface area contributed by atoms with Crippen molar-refractivity contribution in [1.82, 2.24) is 5.16 Å². The molecule has 1 aliphatic rings. The average Bonchev–Trinajstić information content (AvgIpc) is 3.01. The number of amides is 1. The fourth-order valence-corrected chi connectivity index (χ4v) is 2.93. The fraction of sp³-hybridized carbons (Fsp3) is 0.158. The van der Waals surface area contributed by atoms with Gasteiger partial charge in [0, 0.05) is 24.2 Å². The molecule has 0 aliphatic carbocycles. The number of benzene rings is 2. The summed E-state index contributed by atoms with van der Waals surface area (Å²) in [5.74, 6) is 1.97. The number of carbonyl (C=O) groups is 1. The molecule has 3 aromatic rings. The molecule has 0 saturated heterocycles. The van der Waals surface area contributed by atoms with Crippen LogP contribution >= 0.6 is 0 Å². The maximum atomic E-state index is 12.1. The molecular formula is C19H16N2O3. The molecule has 5 heteroatoms. The molecule has 0 bridgehead atoms. The van der Waals surface area contributed by atoms with Gasteiger partial charge in [-0.3, -0.25) is 4.79 Å². The number of nitrogens with zero attached hydrogens (tertiary/aromatic N) is 1. The highest BCUT2D eigenvalue weighted by Crippen LogP contribution is 2.39. The second-order valence-corrected chi connectivity index (χ2v) is 5.84. The van der Waals surface area contributed by atoms with E-state index >= 15 is 0 Å². The molecule has 0 saturated carbocycles. The van der Waals surface area contributed by atoms with E-state index in [4.69, 9.17) is 9.26 Å². The second kappa shape index (κ2) is 5.85. The Morgan fingerprint density at radius 3 is 2.71 bits per heavy atom. The van der Waals surface area contributed by atoms with E-state index in [2.05, 4.69) is 10.5 Å². The molecule has 2 aromatic carbocycles. The van der Waals surface area contributed by atoms with Gasteiger partial charge in [-0.15, -0.1) is 0 Å². The molecule has 1 aliphatic heterocycles. The molecule has 2 heterocycles. The van der Waals surface area contributed by atoms with Crippen LogP contribution in [-0.4, -0.2) is 11.1 Å². The Morgan fingerprint density at radius 2 is 1.96 bits per heavy atom. The Balaban J connectivity index is 1.68. The summed E-state index contributed by atoms with van der Waals surface area (Å²) >= 11 is 0. The molecule has 1 amide bonds. The molecule has 0 unspecified atom stereocenters. The van der Waals surface area contributed by atoms with Crippen LogP contribution in [0.5, 0.6) is 11.5 Å². The number of fused-ring (bicyclic) bond motifs is 1. The molecule has 1 N–H and O–H groups in total. The third kappa shape index (κ3) is 2.76. The first-order valence-corrected chi connectivity index (χ1v) is 7.79. The minimum atomic E-state index is -0.124. The summed E-state index contributed by atoms with van der Waals surface area (Å²) in [7, 11) is 0. The lowest BCUT2D eigenvalue weighted by molar-refractivity contribution is -0.116. The summed E-state index contributed by atoms with van der Waals surface area (Å²) in [5, 5.41) is 6.84. The van der Waals surface area contributed by atoms with Crippen LogP contribution in [0.25, 0.3) is 0 Å². The third-order valence-electron chi connectivity index (χ3n) is 4.03. The van der Waals surface area contributed by atoms with Crippen molar-refractivity contribution in [2.45, 2.75) is 19.3 Å². The lowest BCUT2D eigenvalue weighted by Crippen LogP contribution is -2.23. The van der Waals surface area contributed by atoms with Gasteiger partial charge in [0.25, 0.3) is 0 Å². The SMILES string of the molecule is Cc1cc([C@H]2CC(=O)Nc3cc(Oc4ccccc4)ccc32)on1. The first-order valence-electron chi connectivity index (χ1n) is 7.79. The van der Waals surface area contributed by atoms with Crippen LogP contribution < -0.4 is 10.1 Å². The van der Waals surface area contributed by atoms with Gasteiger partial charge in [-0.2, -0.15) is 0 Å². The van der Waals surface area contributed by atoms with Gasteiger partial charge >= 0.3 is 0 Å². The number of hydrogen-bond donors (Lipinski definition) is 1. The van der Waals surface area contributed by atoms with Gasteiger partial charge in [0.1, 0.15) is 17.3 Å². The zero-order valence-electron chi connectivity index (χ0n) is 13.2. The molecule has 0 radical (unpaired) electrons. The summed E-state index contributed by atoms with van der Waals surface area (Å²) in [4.78, 5) is 12.1. The predicted octanol–water partition coefficient (Wildman–Crippen LogP) is 4.25. The summed E-state index contributed by atoms with van der Waals surface area (Å²) in [5.41, 5.74) is 2.56. The molecule has 5 nitrogen and oxygen atoms in total. The van der Waals surface area contributed by atoms with Crippen LogP contribution in [0.4, 0.5) is 5.69 Å². The van der Waals surface area contributed by atoms with Crippen LogP contribution in [0.15, 0.2) is 59.1 Å². The van der Waals surface area contributed by atoms with E-state index in [-0.39, 0.29) is 11.8 Å². The van der Waals surface area contributed by atoms with Crippen molar-refractivity contribution in [2.75, 3.05) is 5.32 Å². The molecule has 120 valence electrons. The highest BCUT2D eigenvalue weighted by atomic mass is 16.5. The van der Waals surface area contributed by atoms with Crippen LogP contribution in [0, 0.1) is 6.92 Å². The van der Waals surface area contributed by atoms with Crippen molar-refractivity contribution < 1.29 is 14.1 Å². The largest absolute Gasteiger partial charge is 0.457 e. The van der Waals surface area contributed by atoms with E-state index in [0.717, 1.165) is 22.7 Å². The molecular weight excluding hydrogens is 304 g/mol. The Hall–Kier alpha value is -3.08. The molecule has 0 spiro atoms. The number of aromatic nitrogens is 1. The van der Waals surface area contributed by atoms with E-state index in [1.807, 2.05) is 61.5 Å². The first kappa shape index (κ1) is 14.5. The highest BCUT2D eigenvalue weighted by Gasteiger charge is 2.29. The van der Waals surface area contributed by atoms with E-state index in [9.17, 15) is 4.79 Å². The summed E-state index contributed by atoms with van der Waals surface area (Å²) < 4.78 is 11.2. The molecule has 24 heavy (non-hydrogen) atoms. The fourth-order valence-electron chi connectivity index (χ4n) is 2.93. The number of hydrogen-bond acceptors (Lipinski definition) is 4.